The van der Waals surface area contributed by atoms with Crippen molar-refractivity contribution in [3.05, 3.63) is 34.6 Å². The summed E-state index contributed by atoms with van der Waals surface area (Å²) in [4.78, 5) is 28.3. The molecule has 0 unspecified atom stereocenters. The lowest BCUT2D eigenvalue weighted by molar-refractivity contribution is -0.137. The third-order valence-electron chi connectivity index (χ3n) is 4.62. The van der Waals surface area contributed by atoms with E-state index < -0.39 is 17.8 Å². The zero-order valence-electron chi connectivity index (χ0n) is 12.9. The summed E-state index contributed by atoms with van der Waals surface area (Å²) in [6.07, 6.45) is 0.161. The highest BCUT2D eigenvalue weighted by Gasteiger charge is 2.44. The monoisotopic (exact) mass is 339 g/mol. The molecule has 0 aromatic heterocycles. The molecule has 3 rings (SSSR count). The standard InChI is InChI=1S/C16H19ClFN3O2/c1-20-14(22)9-11(16(23)21-6-4-19-5-7-21)15(20)10-2-3-12(17)13(18)8-10/h2-3,8,11,15,19H,4-7,9H2,1H3/t11-,15-/m1/s1. The minimum atomic E-state index is -0.537. The molecule has 2 aliphatic heterocycles. The molecule has 2 fully saturated rings. The minimum Gasteiger partial charge on any atom is -0.340 e. The summed E-state index contributed by atoms with van der Waals surface area (Å²) in [6, 6.07) is 4.02. The number of nitrogens with one attached hydrogen (secondary N) is 1. The van der Waals surface area contributed by atoms with Gasteiger partial charge in [0.25, 0.3) is 0 Å². The van der Waals surface area contributed by atoms with Crippen molar-refractivity contribution in [2.75, 3.05) is 33.2 Å². The quantitative estimate of drug-likeness (QED) is 0.887. The molecule has 0 saturated carbocycles. The lowest BCUT2D eigenvalue weighted by Gasteiger charge is -2.32. The molecule has 124 valence electrons. The van der Waals surface area contributed by atoms with Crippen molar-refractivity contribution >= 4 is 23.4 Å². The van der Waals surface area contributed by atoms with E-state index in [0.717, 1.165) is 13.1 Å². The van der Waals surface area contributed by atoms with E-state index in [1.807, 2.05) is 0 Å². The van der Waals surface area contributed by atoms with Crippen LogP contribution in [-0.2, 0) is 9.59 Å². The number of hydrogen-bond acceptors (Lipinski definition) is 3. The Labute approximate surface area is 139 Å². The van der Waals surface area contributed by atoms with E-state index in [1.54, 1.807) is 18.0 Å². The molecule has 2 atom stereocenters. The number of carbonyl (C=O) groups excluding carboxylic acids is 2. The Morgan fingerprint density at radius 3 is 2.70 bits per heavy atom. The van der Waals surface area contributed by atoms with Gasteiger partial charge in [0.15, 0.2) is 0 Å². The van der Waals surface area contributed by atoms with Gasteiger partial charge in [-0.3, -0.25) is 9.59 Å². The van der Waals surface area contributed by atoms with Gasteiger partial charge < -0.3 is 15.1 Å². The van der Waals surface area contributed by atoms with Gasteiger partial charge in [-0.2, -0.15) is 0 Å². The number of piperazine rings is 1. The fraction of sp³-hybridized carbons (Fsp3) is 0.500. The molecule has 0 aliphatic carbocycles. The minimum absolute atomic E-state index is 0.0331. The molecular formula is C16H19ClFN3O2. The molecule has 5 nitrogen and oxygen atoms in total. The summed E-state index contributed by atoms with van der Waals surface area (Å²) < 4.78 is 13.8. The Bertz CT molecular complexity index is 634. The summed E-state index contributed by atoms with van der Waals surface area (Å²) in [5.74, 6) is -1.15. The van der Waals surface area contributed by atoms with Crippen LogP contribution in [0.4, 0.5) is 4.39 Å². The molecule has 0 spiro atoms. The fourth-order valence-electron chi connectivity index (χ4n) is 3.36. The summed E-state index contributed by atoms with van der Waals surface area (Å²) in [5, 5.41) is 3.23. The Hall–Kier alpha value is -1.66. The largest absolute Gasteiger partial charge is 0.340 e. The summed E-state index contributed by atoms with van der Waals surface area (Å²) in [7, 11) is 1.66. The Kier molecular flexibility index (Phi) is 4.55. The van der Waals surface area contributed by atoms with Gasteiger partial charge in [0.05, 0.1) is 17.0 Å². The van der Waals surface area contributed by atoms with Gasteiger partial charge in [-0.05, 0) is 17.7 Å². The highest BCUT2D eigenvalue weighted by molar-refractivity contribution is 6.30. The fourth-order valence-corrected chi connectivity index (χ4v) is 3.48. The second kappa shape index (κ2) is 6.45. The molecule has 2 heterocycles. The molecule has 2 aliphatic rings. The number of rotatable bonds is 2. The van der Waals surface area contributed by atoms with Crippen molar-refractivity contribution in [3.63, 3.8) is 0 Å². The third kappa shape index (κ3) is 3.05. The Balaban J connectivity index is 1.89. The van der Waals surface area contributed by atoms with Crippen molar-refractivity contribution in [1.29, 1.82) is 0 Å². The Morgan fingerprint density at radius 2 is 2.04 bits per heavy atom. The summed E-state index contributed by atoms with van der Waals surface area (Å²) in [6.45, 7) is 2.77. The maximum Gasteiger partial charge on any atom is 0.228 e. The average Bonchev–Trinajstić information content (AvgIpc) is 2.86. The molecule has 7 heteroatoms. The van der Waals surface area contributed by atoms with Crippen LogP contribution in [0.2, 0.25) is 5.02 Å². The number of hydrogen-bond donors (Lipinski definition) is 1. The van der Waals surface area contributed by atoms with E-state index in [9.17, 15) is 14.0 Å². The lowest BCUT2D eigenvalue weighted by atomic mass is 9.92. The van der Waals surface area contributed by atoms with Crippen LogP contribution in [0.15, 0.2) is 18.2 Å². The number of carbonyl (C=O) groups is 2. The van der Waals surface area contributed by atoms with E-state index in [0.29, 0.717) is 18.7 Å². The van der Waals surface area contributed by atoms with Crippen LogP contribution in [0.25, 0.3) is 0 Å². The molecule has 1 N–H and O–H groups in total. The maximum atomic E-state index is 13.8. The third-order valence-corrected chi connectivity index (χ3v) is 4.92. The topological polar surface area (TPSA) is 52.7 Å². The lowest BCUT2D eigenvalue weighted by Crippen LogP contribution is -2.49. The predicted molar refractivity (Wildman–Crippen MR) is 84.5 cm³/mol. The molecule has 0 bridgehead atoms. The smallest absolute Gasteiger partial charge is 0.228 e. The van der Waals surface area contributed by atoms with Gasteiger partial charge in [0.2, 0.25) is 11.8 Å². The first-order valence-electron chi connectivity index (χ1n) is 7.69. The van der Waals surface area contributed by atoms with Gasteiger partial charge in [-0.1, -0.05) is 17.7 Å². The number of nitrogens with zero attached hydrogens (tertiary/aromatic N) is 2. The van der Waals surface area contributed by atoms with Crippen molar-refractivity contribution in [3.8, 4) is 0 Å². The molecule has 0 radical (unpaired) electrons. The second-order valence-electron chi connectivity index (χ2n) is 6.01. The molecule has 23 heavy (non-hydrogen) atoms. The summed E-state index contributed by atoms with van der Waals surface area (Å²) in [5.41, 5.74) is 0.605. The molecule has 1 aromatic carbocycles. The molecular weight excluding hydrogens is 321 g/mol. The zero-order chi connectivity index (χ0) is 16.6. The second-order valence-corrected chi connectivity index (χ2v) is 6.42. The number of amides is 2. The van der Waals surface area contributed by atoms with Gasteiger partial charge >= 0.3 is 0 Å². The van der Waals surface area contributed by atoms with Gasteiger partial charge in [-0.25, -0.2) is 4.39 Å². The zero-order valence-corrected chi connectivity index (χ0v) is 13.6. The van der Waals surface area contributed by atoms with Crippen molar-refractivity contribution in [2.45, 2.75) is 12.5 Å². The molecule has 2 saturated heterocycles. The number of benzene rings is 1. The number of likely N-dealkylation sites (tertiary alicyclic amines) is 1. The van der Waals surface area contributed by atoms with E-state index in [4.69, 9.17) is 11.6 Å². The highest BCUT2D eigenvalue weighted by Crippen LogP contribution is 2.39. The maximum absolute atomic E-state index is 13.8. The Morgan fingerprint density at radius 1 is 1.35 bits per heavy atom. The van der Waals surface area contributed by atoms with Crippen molar-refractivity contribution < 1.29 is 14.0 Å². The van der Waals surface area contributed by atoms with Crippen molar-refractivity contribution in [1.82, 2.24) is 15.1 Å². The van der Waals surface area contributed by atoms with E-state index in [1.165, 1.54) is 17.0 Å². The van der Waals surface area contributed by atoms with Crippen LogP contribution in [0, 0.1) is 11.7 Å². The van der Waals surface area contributed by atoms with Crippen LogP contribution in [0.5, 0.6) is 0 Å². The predicted octanol–water partition coefficient (Wildman–Crippen LogP) is 1.43. The normalized spacial score (nSPS) is 25.1. The first-order valence-corrected chi connectivity index (χ1v) is 8.07. The van der Waals surface area contributed by atoms with Crippen LogP contribution < -0.4 is 5.32 Å². The highest BCUT2D eigenvalue weighted by atomic mass is 35.5. The van der Waals surface area contributed by atoms with Gasteiger partial charge in [0.1, 0.15) is 5.82 Å². The van der Waals surface area contributed by atoms with Gasteiger partial charge in [0, 0.05) is 39.6 Å². The average molecular weight is 340 g/mol. The molecule has 2 amide bonds. The van der Waals surface area contributed by atoms with E-state index >= 15 is 0 Å². The molecule has 1 aromatic rings. The first kappa shape index (κ1) is 16.2. The van der Waals surface area contributed by atoms with E-state index in [2.05, 4.69) is 5.32 Å². The van der Waals surface area contributed by atoms with Gasteiger partial charge in [-0.15, -0.1) is 0 Å². The first-order chi connectivity index (χ1) is 11.0. The summed E-state index contributed by atoms with van der Waals surface area (Å²) >= 11 is 5.74. The van der Waals surface area contributed by atoms with E-state index in [-0.39, 0.29) is 23.3 Å². The van der Waals surface area contributed by atoms with Crippen LogP contribution in [0.3, 0.4) is 0 Å². The SMILES string of the molecule is CN1C(=O)C[C@@H](C(=O)N2CCNCC2)[C@H]1c1ccc(Cl)c(F)c1. The van der Waals surface area contributed by atoms with Crippen LogP contribution >= 0.6 is 11.6 Å². The van der Waals surface area contributed by atoms with Crippen LogP contribution in [0.1, 0.15) is 18.0 Å². The number of halogens is 2. The van der Waals surface area contributed by atoms with Crippen LogP contribution in [-0.4, -0.2) is 54.8 Å². The van der Waals surface area contributed by atoms with Crippen molar-refractivity contribution in [2.24, 2.45) is 5.92 Å².